The molecule has 28 heavy (non-hydrogen) atoms. The summed E-state index contributed by atoms with van der Waals surface area (Å²) < 4.78 is 28.1. The molecule has 0 saturated carbocycles. The molecule has 2 rings (SSSR count). The van der Waals surface area contributed by atoms with Gasteiger partial charge in [-0.15, -0.1) is 24.0 Å². The Bertz CT molecular complexity index is 938. The zero-order chi connectivity index (χ0) is 20.2. The van der Waals surface area contributed by atoms with Crippen LogP contribution in [0.25, 0.3) is 0 Å². The van der Waals surface area contributed by atoms with E-state index in [1.54, 1.807) is 25.2 Å². The monoisotopic (exact) mass is 520 g/mol. The van der Waals surface area contributed by atoms with E-state index in [1.165, 1.54) is 18.4 Å². The largest absolute Gasteiger partial charge is 0.352 e. The van der Waals surface area contributed by atoms with E-state index in [9.17, 15) is 8.42 Å². The van der Waals surface area contributed by atoms with Crippen LogP contribution in [0.2, 0.25) is 0 Å². The van der Waals surface area contributed by atoms with Gasteiger partial charge in [-0.25, -0.2) is 12.7 Å². The predicted octanol–water partition coefficient (Wildman–Crippen LogP) is 1.77. The lowest BCUT2D eigenvalue weighted by Gasteiger charge is -2.17. The number of sulfonamides is 1. The van der Waals surface area contributed by atoms with E-state index in [1.807, 2.05) is 31.6 Å². The molecule has 0 fully saturated rings. The van der Waals surface area contributed by atoms with Gasteiger partial charge in [-0.3, -0.25) is 9.67 Å². The van der Waals surface area contributed by atoms with Crippen molar-refractivity contribution in [1.29, 1.82) is 0 Å². The van der Waals surface area contributed by atoms with E-state index in [0.29, 0.717) is 24.6 Å². The van der Waals surface area contributed by atoms with Gasteiger partial charge in [0.25, 0.3) is 0 Å². The molecule has 0 aliphatic carbocycles. The number of halogens is 1. The second kappa shape index (κ2) is 10.2. The van der Waals surface area contributed by atoms with Crippen molar-refractivity contribution in [3.63, 3.8) is 0 Å². The molecule has 2 aromatic rings. The number of aryl methyl sites for hydroxylation is 2. The molecule has 0 aliphatic heterocycles. The van der Waals surface area contributed by atoms with E-state index in [-0.39, 0.29) is 28.9 Å². The van der Waals surface area contributed by atoms with Gasteiger partial charge in [-0.05, 0) is 25.5 Å². The normalized spacial score (nSPS) is 12.0. The van der Waals surface area contributed by atoms with Crippen LogP contribution in [-0.4, -0.2) is 49.6 Å². The Hall–Kier alpha value is -1.66. The highest BCUT2D eigenvalue weighted by atomic mass is 127. The van der Waals surface area contributed by atoms with E-state index >= 15 is 0 Å². The highest BCUT2D eigenvalue weighted by molar-refractivity contribution is 14.0. The summed E-state index contributed by atoms with van der Waals surface area (Å²) in [5.74, 6) is 0.592. The maximum absolute atomic E-state index is 12.5. The average Bonchev–Trinajstić information content (AvgIpc) is 2.87. The molecule has 0 aliphatic rings. The van der Waals surface area contributed by atoms with Crippen LogP contribution in [0.15, 0.2) is 34.2 Å². The van der Waals surface area contributed by atoms with Crippen molar-refractivity contribution in [2.75, 3.05) is 21.1 Å². The van der Waals surface area contributed by atoms with Crippen LogP contribution >= 0.6 is 24.0 Å². The maximum Gasteiger partial charge on any atom is 0.242 e. The number of aliphatic imine (C=N–C) groups is 1. The molecule has 0 amide bonds. The highest BCUT2D eigenvalue weighted by Gasteiger charge is 2.20. The minimum absolute atomic E-state index is 0. The molecule has 2 N–H and O–H groups in total. The van der Waals surface area contributed by atoms with Crippen molar-refractivity contribution >= 4 is 40.0 Å². The van der Waals surface area contributed by atoms with Gasteiger partial charge in [0.1, 0.15) is 0 Å². The Kier molecular flexibility index (Phi) is 8.89. The number of nitrogens with one attached hydrogen (secondary N) is 2. The van der Waals surface area contributed by atoms with E-state index in [4.69, 9.17) is 0 Å². The predicted molar refractivity (Wildman–Crippen MR) is 122 cm³/mol. The van der Waals surface area contributed by atoms with E-state index in [0.717, 1.165) is 17.0 Å². The van der Waals surface area contributed by atoms with Crippen LogP contribution < -0.4 is 10.6 Å². The molecule has 0 atom stereocenters. The van der Waals surface area contributed by atoms with Crippen molar-refractivity contribution in [3.8, 4) is 0 Å². The topological polar surface area (TPSA) is 91.6 Å². The summed E-state index contributed by atoms with van der Waals surface area (Å²) >= 11 is 0. The van der Waals surface area contributed by atoms with Gasteiger partial charge in [0.05, 0.1) is 10.6 Å². The number of nitrogens with zero attached hydrogens (tertiary/aromatic N) is 4. The van der Waals surface area contributed by atoms with Crippen LogP contribution in [0.4, 0.5) is 0 Å². The molecule has 1 aromatic heterocycles. The summed E-state index contributed by atoms with van der Waals surface area (Å²) in [5.41, 5.74) is 3.87. The maximum atomic E-state index is 12.5. The molecule has 0 bridgehead atoms. The van der Waals surface area contributed by atoms with Gasteiger partial charge in [0.15, 0.2) is 5.96 Å². The lowest BCUT2D eigenvalue weighted by molar-refractivity contribution is 0.519. The fourth-order valence-electron chi connectivity index (χ4n) is 2.74. The van der Waals surface area contributed by atoms with Gasteiger partial charge in [-0.2, -0.15) is 5.10 Å². The van der Waals surface area contributed by atoms with Gasteiger partial charge in [-0.1, -0.05) is 18.2 Å². The first-order valence-corrected chi connectivity index (χ1v) is 10.1. The highest BCUT2D eigenvalue weighted by Crippen LogP contribution is 2.18. The molecule has 0 unspecified atom stereocenters. The third kappa shape index (κ3) is 5.45. The minimum atomic E-state index is -3.50. The van der Waals surface area contributed by atoms with Crippen molar-refractivity contribution in [3.05, 3.63) is 46.8 Å². The van der Waals surface area contributed by atoms with Crippen molar-refractivity contribution in [1.82, 2.24) is 24.7 Å². The van der Waals surface area contributed by atoms with Crippen LogP contribution in [-0.2, 0) is 30.2 Å². The van der Waals surface area contributed by atoms with Crippen molar-refractivity contribution < 1.29 is 8.42 Å². The summed E-state index contributed by atoms with van der Waals surface area (Å²) in [7, 11) is 3.15. The fourth-order valence-corrected chi connectivity index (χ4v) is 3.86. The van der Waals surface area contributed by atoms with Crippen LogP contribution in [0, 0.1) is 13.8 Å². The van der Waals surface area contributed by atoms with Crippen LogP contribution in [0.1, 0.15) is 22.5 Å². The number of hydrogen-bond acceptors (Lipinski definition) is 4. The number of benzene rings is 1. The second-order valence-corrected chi connectivity index (χ2v) is 8.57. The molecule has 1 aromatic carbocycles. The standard InChI is InChI=1S/C18H28N6O2S.HI/c1-13-16(14(2)24(6)22-13)12-21-18(19-3)20-11-15-9-7-8-10-17(15)27(25,26)23(4)5;/h7-10H,11-12H2,1-6H3,(H2,19,20,21);1H. The lowest BCUT2D eigenvalue weighted by Crippen LogP contribution is -2.37. The molecule has 10 heteroatoms. The van der Waals surface area contributed by atoms with Gasteiger partial charge < -0.3 is 10.6 Å². The zero-order valence-corrected chi connectivity index (χ0v) is 20.3. The minimum Gasteiger partial charge on any atom is -0.352 e. The van der Waals surface area contributed by atoms with Gasteiger partial charge in [0.2, 0.25) is 10.0 Å². The van der Waals surface area contributed by atoms with Crippen LogP contribution in [0.5, 0.6) is 0 Å². The molecule has 0 radical (unpaired) electrons. The van der Waals surface area contributed by atoms with E-state index in [2.05, 4.69) is 20.7 Å². The van der Waals surface area contributed by atoms with E-state index < -0.39 is 10.0 Å². The summed E-state index contributed by atoms with van der Waals surface area (Å²) in [5, 5.41) is 10.8. The lowest BCUT2D eigenvalue weighted by atomic mass is 10.2. The molecule has 156 valence electrons. The smallest absolute Gasteiger partial charge is 0.242 e. The quantitative estimate of drug-likeness (QED) is 0.344. The fraction of sp³-hybridized carbons (Fsp3) is 0.444. The number of hydrogen-bond donors (Lipinski definition) is 2. The molecule has 8 nitrogen and oxygen atoms in total. The Balaban J connectivity index is 0.00000392. The first-order valence-electron chi connectivity index (χ1n) is 8.62. The first kappa shape index (κ1) is 24.4. The molecular formula is C18H29IN6O2S. The average molecular weight is 520 g/mol. The third-order valence-corrected chi connectivity index (χ3v) is 6.41. The summed E-state index contributed by atoms with van der Waals surface area (Å²) in [4.78, 5) is 4.51. The van der Waals surface area contributed by atoms with Gasteiger partial charge in [0, 0.05) is 52.5 Å². The Morgan fingerprint density at radius 2 is 1.79 bits per heavy atom. The van der Waals surface area contributed by atoms with Crippen LogP contribution in [0.3, 0.4) is 0 Å². The summed E-state index contributed by atoms with van der Waals surface area (Å²) in [6.45, 7) is 4.93. The SMILES string of the molecule is CN=C(NCc1ccccc1S(=O)(=O)N(C)C)NCc1c(C)nn(C)c1C.I. The zero-order valence-electron chi connectivity index (χ0n) is 17.1. The molecule has 0 spiro atoms. The summed E-state index contributed by atoms with van der Waals surface area (Å²) in [6, 6.07) is 6.96. The molecule has 0 saturated heterocycles. The first-order chi connectivity index (χ1) is 12.7. The van der Waals surface area contributed by atoms with Crippen molar-refractivity contribution in [2.45, 2.75) is 31.8 Å². The Morgan fingerprint density at radius 3 is 2.32 bits per heavy atom. The number of aromatic nitrogens is 2. The molecular weight excluding hydrogens is 491 g/mol. The number of guanidine groups is 1. The third-order valence-electron chi connectivity index (χ3n) is 4.49. The molecule has 1 heterocycles. The number of rotatable bonds is 6. The summed E-state index contributed by atoms with van der Waals surface area (Å²) in [6.07, 6.45) is 0. The second-order valence-electron chi connectivity index (χ2n) is 6.45. The van der Waals surface area contributed by atoms with Crippen molar-refractivity contribution in [2.24, 2.45) is 12.0 Å². The Morgan fingerprint density at radius 1 is 1.18 bits per heavy atom. The Labute approximate surface area is 184 Å². The van der Waals surface area contributed by atoms with Gasteiger partial charge >= 0.3 is 0 Å².